The number of carbonyl (C=O) groups is 2. The van der Waals surface area contributed by atoms with E-state index in [-0.39, 0.29) is 23.1 Å². The first kappa shape index (κ1) is 58.1. The van der Waals surface area contributed by atoms with E-state index >= 15 is 0 Å². The van der Waals surface area contributed by atoms with E-state index in [0.717, 1.165) is 96.3 Å². The van der Waals surface area contributed by atoms with Gasteiger partial charge in [0.05, 0.1) is 19.8 Å². The summed E-state index contributed by atoms with van der Waals surface area (Å²) in [6.07, 6.45) is 41.5. The summed E-state index contributed by atoms with van der Waals surface area (Å²) in [5.74, 6) is -0.803. The van der Waals surface area contributed by atoms with Crippen LogP contribution < -0.4 is 0 Å². The van der Waals surface area contributed by atoms with Crippen molar-refractivity contribution in [2.45, 2.75) is 217 Å². The molecule has 5 nitrogen and oxygen atoms in total. The Bertz CT molecular complexity index is 1830. The number of rotatable bonds is 32. The Labute approximate surface area is 393 Å². The van der Waals surface area contributed by atoms with Gasteiger partial charge in [0.25, 0.3) is 0 Å². The van der Waals surface area contributed by atoms with E-state index in [2.05, 4.69) is 124 Å². The molecule has 0 aromatic carbocycles. The molecule has 0 aliphatic heterocycles. The summed E-state index contributed by atoms with van der Waals surface area (Å²) in [6.45, 7) is 25.9. The molecule has 0 spiro atoms. The zero-order chi connectivity index (χ0) is 48.1. The molecule has 0 amide bonds. The van der Waals surface area contributed by atoms with Crippen molar-refractivity contribution in [3.8, 4) is 0 Å². The molecule has 0 aromatic heterocycles. The third-order valence-corrected chi connectivity index (χ3v) is 12.5. The number of ether oxygens (including phenoxy) is 2. The van der Waals surface area contributed by atoms with Crippen LogP contribution in [0.15, 0.2) is 128 Å². The van der Waals surface area contributed by atoms with Crippen molar-refractivity contribution in [1.29, 1.82) is 0 Å². The minimum absolute atomic E-state index is 0.0575. The van der Waals surface area contributed by atoms with Gasteiger partial charge in [-0.3, -0.25) is 9.59 Å². The summed E-state index contributed by atoms with van der Waals surface area (Å²) >= 11 is 0. The molecular weight excluding hydrogens is 789 g/mol. The quantitative estimate of drug-likeness (QED) is 0.0538. The van der Waals surface area contributed by atoms with Gasteiger partial charge in [-0.25, -0.2) is 0 Å². The Morgan fingerprint density at radius 3 is 0.984 bits per heavy atom. The van der Waals surface area contributed by atoms with Crippen LogP contribution in [0.4, 0.5) is 0 Å². The lowest BCUT2D eigenvalue weighted by atomic mass is 9.85. The van der Waals surface area contributed by atoms with Gasteiger partial charge in [0.1, 0.15) is 0 Å². The Balaban J connectivity index is 2.31. The minimum atomic E-state index is -0.960. The Kier molecular flexibility index (Phi) is 29.6. The van der Waals surface area contributed by atoms with E-state index in [1.807, 2.05) is 0 Å². The van der Waals surface area contributed by atoms with Crippen LogP contribution in [0.3, 0.4) is 0 Å². The molecule has 1 atom stereocenters. The predicted octanol–water partition coefficient (Wildman–Crippen LogP) is 17.0. The highest BCUT2D eigenvalue weighted by molar-refractivity contribution is 6.23. The summed E-state index contributed by atoms with van der Waals surface area (Å²) in [6, 6.07) is 0. The van der Waals surface area contributed by atoms with Crippen molar-refractivity contribution < 1.29 is 24.2 Å². The van der Waals surface area contributed by atoms with E-state index in [1.54, 1.807) is 13.8 Å². The molecule has 1 rings (SSSR count). The highest BCUT2D eigenvalue weighted by Gasteiger charge is 2.35. The molecule has 0 saturated heterocycles. The van der Waals surface area contributed by atoms with Crippen molar-refractivity contribution in [3.63, 3.8) is 0 Å². The summed E-state index contributed by atoms with van der Waals surface area (Å²) < 4.78 is 10.3. The molecule has 0 fully saturated rings. The second-order valence-electron chi connectivity index (χ2n) is 19.4. The van der Waals surface area contributed by atoms with Crippen molar-refractivity contribution in [3.05, 3.63) is 128 Å². The molecule has 64 heavy (non-hydrogen) atoms. The maximum absolute atomic E-state index is 13.0. The lowest BCUT2D eigenvalue weighted by Gasteiger charge is -2.25. The van der Waals surface area contributed by atoms with Crippen molar-refractivity contribution in [2.75, 3.05) is 14.2 Å². The molecule has 0 aromatic rings. The number of aliphatic hydroxyl groups is 1. The molecule has 0 bridgehead atoms. The van der Waals surface area contributed by atoms with Gasteiger partial charge in [0, 0.05) is 11.1 Å². The lowest BCUT2D eigenvalue weighted by molar-refractivity contribution is -0.121. The molecule has 0 saturated carbocycles. The van der Waals surface area contributed by atoms with Crippen molar-refractivity contribution in [1.82, 2.24) is 0 Å². The number of ketones is 2. The molecular formula is C59H92O5. The van der Waals surface area contributed by atoms with Gasteiger partial charge in [-0.2, -0.15) is 0 Å². The van der Waals surface area contributed by atoms with Gasteiger partial charge in [0.2, 0.25) is 23.1 Å². The molecule has 1 N–H and O–H groups in total. The number of hydrogen-bond acceptors (Lipinski definition) is 5. The molecule has 0 heterocycles. The first-order valence-electron chi connectivity index (χ1n) is 24.5. The number of hydrogen-bond donors (Lipinski definition) is 1. The van der Waals surface area contributed by atoms with Gasteiger partial charge in [-0.05, 0) is 212 Å². The second kappa shape index (κ2) is 32.7. The largest absolute Gasteiger partial charge is 0.489 e. The highest BCUT2D eigenvalue weighted by atomic mass is 16.5. The SMILES string of the molecule is COC1=C(OC)C(=O)C(CCC(C)(O)CC/C=C(\C)CC/C=C(\C)CC/C=C(\C)CC/C=C(\C)CC/C=C(\C)CC/C=C(\C)CC/C=C(\C)CC/C=C(\C)CCC=C(C)C)=C(C)C1=O. The van der Waals surface area contributed by atoms with Gasteiger partial charge < -0.3 is 14.6 Å². The van der Waals surface area contributed by atoms with Crippen LogP contribution in [0, 0.1) is 0 Å². The standard InChI is InChI=1S/C59H92O5/c1-44(2)24-15-25-45(3)26-16-27-46(4)28-17-29-47(5)30-18-31-48(6)32-19-33-49(7)34-20-35-50(8)36-21-37-51(9)38-22-39-52(10)40-23-42-59(12,62)43-41-54-53(11)55(60)57(63-13)58(64-14)56(54)61/h24,26,28,30,32,34,36,38,40,62H,15-23,25,27,29,31,33,35,37,39,41-43H2,1-14H3/b45-26+,46-28+,47-30+,48-32+,49-34+,50-36+,51-38+,52-40+. The van der Waals surface area contributed by atoms with Crippen LogP contribution in [0.2, 0.25) is 0 Å². The van der Waals surface area contributed by atoms with E-state index in [1.165, 1.54) is 77.2 Å². The van der Waals surface area contributed by atoms with Crippen LogP contribution in [0.25, 0.3) is 0 Å². The lowest BCUT2D eigenvalue weighted by Crippen LogP contribution is -2.28. The van der Waals surface area contributed by atoms with E-state index in [0.29, 0.717) is 30.4 Å². The number of allylic oxidation sites excluding steroid dienone is 20. The fourth-order valence-electron chi connectivity index (χ4n) is 7.87. The normalized spacial score (nSPS) is 16.5. The van der Waals surface area contributed by atoms with Crippen molar-refractivity contribution in [2.24, 2.45) is 0 Å². The molecule has 1 unspecified atom stereocenters. The second-order valence-corrected chi connectivity index (χ2v) is 19.4. The average molecular weight is 881 g/mol. The van der Waals surface area contributed by atoms with Gasteiger partial charge >= 0.3 is 0 Å². The van der Waals surface area contributed by atoms with Crippen LogP contribution >= 0.6 is 0 Å². The maximum Gasteiger partial charge on any atom is 0.228 e. The summed E-state index contributed by atoms with van der Waals surface area (Å²) in [5.41, 5.74) is 13.0. The third kappa shape index (κ3) is 26.1. The van der Waals surface area contributed by atoms with Crippen molar-refractivity contribution >= 4 is 11.6 Å². The van der Waals surface area contributed by atoms with Crippen LogP contribution in [0.5, 0.6) is 0 Å². The van der Waals surface area contributed by atoms with E-state index in [9.17, 15) is 14.7 Å². The molecule has 5 heteroatoms. The molecule has 358 valence electrons. The fourth-order valence-corrected chi connectivity index (χ4v) is 7.87. The predicted molar refractivity (Wildman–Crippen MR) is 276 cm³/mol. The van der Waals surface area contributed by atoms with Gasteiger partial charge in [-0.1, -0.05) is 105 Å². The highest BCUT2D eigenvalue weighted by Crippen LogP contribution is 2.31. The zero-order valence-corrected chi connectivity index (χ0v) is 43.4. The first-order valence-corrected chi connectivity index (χ1v) is 24.5. The number of carbonyl (C=O) groups excluding carboxylic acids is 2. The van der Waals surface area contributed by atoms with Crippen LogP contribution in [-0.4, -0.2) is 36.5 Å². The Morgan fingerprint density at radius 2 is 0.703 bits per heavy atom. The fraction of sp³-hybridized carbons (Fsp3) is 0.593. The molecule has 0 radical (unpaired) electrons. The number of methoxy groups -OCH3 is 2. The van der Waals surface area contributed by atoms with Gasteiger partial charge in [-0.15, -0.1) is 0 Å². The topological polar surface area (TPSA) is 72.8 Å². The Morgan fingerprint density at radius 1 is 0.438 bits per heavy atom. The third-order valence-electron chi connectivity index (χ3n) is 12.5. The maximum atomic E-state index is 13.0. The van der Waals surface area contributed by atoms with E-state index in [4.69, 9.17) is 9.47 Å². The summed E-state index contributed by atoms with van der Waals surface area (Å²) in [4.78, 5) is 25.6. The molecule has 1 aliphatic carbocycles. The number of Topliss-reactive ketones (excluding diaryl/α,β-unsaturated/α-hetero) is 2. The van der Waals surface area contributed by atoms with Gasteiger partial charge in [0.15, 0.2) is 0 Å². The monoisotopic (exact) mass is 881 g/mol. The van der Waals surface area contributed by atoms with E-state index < -0.39 is 5.60 Å². The summed E-state index contributed by atoms with van der Waals surface area (Å²) in [5, 5.41) is 11.1. The molecule has 1 aliphatic rings. The van der Waals surface area contributed by atoms with Crippen LogP contribution in [0.1, 0.15) is 212 Å². The minimum Gasteiger partial charge on any atom is -0.489 e. The average Bonchev–Trinajstić information content (AvgIpc) is 3.21. The first-order chi connectivity index (χ1) is 30.3. The van der Waals surface area contributed by atoms with Crippen LogP contribution in [-0.2, 0) is 19.1 Å². The summed E-state index contributed by atoms with van der Waals surface area (Å²) in [7, 11) is 2.72. The smallest absolute Gasteiger partial charge is 0.228 e. The zero-order valence-electron chi connectivity index (χ0n) is 43.4. The Hall–Kier alpha value is -3.96.